The van der Waals surface area contributed by atoms with Crippen LogP contribution in [0.25, 0.3) is 0 Å². The van der Waals surface area contributed by atoms with E-state index in [2.05, 4.69) is 10.6 Å². The van der Waals surface area contributed by atoms with Gasteiger partial charge in [0, 0.05) is 29.3 Å². The molecule has 3 N–H and O–H groups in total. The molecule has 0 unspecified atom stereocenters. The number of hydrogen-bond acceptors (Lipinski definition) is 4. The van der Waals surface area contributed by atoms with Crippen molar-refractivity contribution in [1.29, 1.82) is 0 Å². The SMILES string of the molecule is C#CCCCNS(=O)(=O)CCSc1cccc(N)c1. The van der Waals surface area contributed by atoms with Crippen molar-refractivity contribution in [3.63, 3.8) is 0 Å². The van der Waals surface area contributed by atoms with Crippen LogP contribution >= 0.6 is 11.8 Å². The molecule has 0 aliphatic carbocycles. The van der Waals surface area contributed by atoms with Crippen LogP contribution in [-0.4, -0.2) is 26.5 Å². The summed E-state index contributed by atoms with van der Waals surface area (Å²) in [6, 6.07) is 7.39. The monoisotopic (exact) mass is 298 g/mol. The Kier molecular flexibility index (Phi) is 6.78. The minimum absolute atomic E-state index is 0.0858. The summed E-state index contributed by atoms with van der Waals surface area (Å²) in [4.78, 5) is 0.975. The van der Waals surface area contributed by atoms with Crippen molar-refractivity contribution in [2.75, 3.05) is 23.8 Å². The van der Waals surface area contributed by atoms with Crippen molar-refractivity contribution >= 4 is 27.5 Å². The van der Waals surface area contributed by atoms with Gasteiger partial charge in [0.1, 0.15) is 0 Å². The Labute approximate surface area is 119 Å². The summed E-state index contributed by atoms with van der Waals surface area (Å²) in [7, 11) is -3.21. The minimum Gasteiger partial charge on any atom is -0.399 e. The third kappa shape index (κ3) is 7.11. The van der Waals surface area contributed by atoms with Gasteiger partial charge in [-0.05, 0) is 24.6 Å². The normalized spacial score (nSPS) is 11.1. The van der Waals surface area contributed by atoms with E-state index in [0.717, 1.165) is 4.90 Å². The highest BCUT2D eigenvalue weighted by molar-refractivity contribution is 8.00. The topological polar surface area (TPSA) is 72.2 Å². The Morgan fingerprint density at radius 1 is 1.42 bits per heavy atom. The molecule has 1 aromatic rings. The summed E-state index contributed by atoms with van der Waals surface area (Å²) in [5.74, 6) is 3.05. The van der Waals surface area contributed by atoms with Crippen LogP contribution in [0.1, 0.15) is 12.8 Å². The van der Waals surface area contributed by atoms with Gasteiger partial charge < -0.3 is 5.73 Å². The summed E-state index contributed by atoms with van der Waals surface area (Å²) in [5, 5.41) is 0. The fourth-order valence-corrected chi connectivity index (χ4v) is 3.80. The van der Waals surface area contributed by atoms with E-state index in [-0.39, 0.29) is 5.75 Å². The molecule has 0 aliphatic rings. The molecule has 0 aromatic heterocycles. The van der Waals surface area contributed by atoms with E-state index in [1.54, 1.807) is 6.07 Å². The lowest BCUT2D eigenvalue weighted by molar-refractivity contribution is 0.581. The molecule has 0 radical (unpaired) electrons. The fraction of sp³-hybridized carbons (Fsp3) is 0.385. The highest BCUT2D eigenvalue weighted by Crippen LogP contribution is 2.20. The third-order valence-corrected chi connectivity index (χ3v) is 4.94. The first-order valence-corrected chi connectivity index (χ1v) is 8.56. The average Bonchev–Trinajstić information content (AvgIpc) is 2.35. The minimum atomic E-state index is -3.21. The smallest absolute Gasteiger partial charge is 0.212 e. The van der Waals surface area contributed by atoms with Crippen LogP contribution in [0.3, 0.4) is 0 Å². The maximum Gasteiger partial charge on any atom is 0.212 e. The molecule has 0 aliphatic heterocycles. The maximum absolute atomic E-state index is 11.7. The zero-order chi connectivity index (χ0) is 14.1. The molecule has 19 heavy (non-hydrogen) atoms. The molecule has 1 rings (SSSR count). The van der Waals surface area contributed by atoms with E-state index in [4.69, 9.17) is 12.2 Å². The molecule has 1 aromatic carbocycles. The standard InChI is InChI=1S/C13H18N2O2S2/c1-2-3-4-8-15-19(16,17)10-9-18-13-7-5-6-12(14)11-13/h1,5-7,11,15H,3-4,8-10,14H2. The predicted molar refractivity (Wildman–Crippen MR) is 81.4 cm³/mol. The number of anilines is 1. The van der Waals surface area contributed by atoms with Gasteiger partial charge in [0.2, 0.25) is 10.0 Å². The second-order valence-electron chi connectivity index (χ2n) is 3.94. The van der Waals surface area contributed by atoms with Gasteiger partial charge in [-0.15, -0.1) is 24.1 Å². The predicted octanol–water partition coefficient (Wildman–Crippen LogP) is 1.69. The summed E-state index contributed by atoms with van der Waals surface area (Å²) in [6.45, 7) is 0.398. The molecule has 0 amide bonds. The molecule has 0 bridgehead atoms. The zero-order valence-corrected chi connectivity index (χ0v) is 12.3. The number of benzene rings is 1. The van der Waals surface area contributed by atoms with Crippen LogP contribution in [0.15, 0.2) is 29.2 Å². The number of nitrogens with one attached hydrogen (secondary N) is 1. The first kappa shape index (κ1) is 15.9. The van der Waals surface area contributed by atoms with E-state index in [1.807, 2.05) is 18.2 Å². The summed E-state index contributed by atoms with van der Waals surface area (Å²) >= 11 is 1.47. The number of sulfonamides is 1. The van der Waals surface area contributed by atoms with Gasteiger partial charge in [-0.25, -0.2) is 13.1 Å². The lowest BCUT2D eigenvalue weighted by Crippen LogP contribution is -2.28. The van der Waals surface area contributed by atoms with Gasteiger partial charge in [0.25, 0.3) is 0 Å². The van der Waals surface area contributed by atoms with Gasteiger partial charge in [-0.1, -0.05) is 6.07 Å². The number of unbranched alkanes of at least 4 members (excludes halogenated alkanes) is 1. The van der Waals surface area contributed by atoms with Crippen LogP contribution in [-0.2, 0) is 10.0 Å². The molecule has 0 atom stereocenters. The van der Waals surface area contributed by atoms with Crippen LogP contribution in [0.4, 0.5) is 5.69 Å². The lowest BCUT2D eigenvalue weighted by Gasteiger charge is -2.06. The number of thioether (sulfide) groups is 1. The number of terminal acetylenes is 1. The number of nitrogens with two attached hydrogens (primary N) is 1. The van der Waals surface area contributed by atoms with Crippen LogP contribution in [0, 0.1) is 12.3 Å². The molecule has 4 nitrogen and oxygen atoms in total. The number of hydrogen-bond donors (Lipinski definition) is 2. The van der Waals surface area contributed by atoms with Crippen LogP contribution < -0.4 is 10.5 Å². The van der Waals surface area contributed by atoms with Gasteiger partial charge in [-0.3, -0.25) is 0 Å². The Hall–Kier alpha value is -1.16. The van der Waals surface area contributed by atoms with E-state index in [1.165, 1.54) is 11.8 Å². The first-order chi connectivity index (χ1) is 9.03. The molecular formula is C13H18N2O2S2. The Morgan fingerprint density at radius 3 is 2.89 bits per heavy atom. The first-order valence-electron chi connectivity index (χ1n) is 5.92. The lowest BCUT2D eigenvalue weighted by atomic mass is 10.3. The molecule has 104 valence electrons. The second kappa shape index (κ2) is 8.10. The average molecular weight is 298 g/mol. The Morgan fingerprint density at radius 2 is 2.21 bits per heavy atom. The summed E-state index contributed by atoms with van der Waals surface area (Å²) < 4.78 is 25.8. The van der Waals surface area contributed by atoms with Gasteiger partial charge in [0.05, 0.1) is 5.75 Å². The Balaban J connectivity index is 2.30. The quantitative estimate of drug-likeness (QED) is 0.331. The number of nitrogen functional groups attached to an aromatic ring is 1. The molecular weight excluding hydrogens is 280 g/mol. The zero-order valence-electron chi connectivity index (χ0n) is 10.6. The van der Waals surface area contributed by atoms with E-state index in [9.17, 15) is 8.42 Å². The highest BCUT2D eigenvalue weighted by atomic mass is 32.2. The summed E-state index contributed by atoms with van der Waals surface area (Å²) in [6.07, 6.45) is 6.34. The Bertz CT molecular complexity index is 536. The van der Waals surface area contributed by atoms with Crippen LogP contribution in [0.5, 0.6) is 0 Å². The second-order valence-corrected chi connectivity index (χ2v) is 7.04. The van der Waals surface area contributed by atoms with E-state index < -0.39 is 10.0 Å². The summed E-state index contributed by atoms with van der Waals surface area (Å²) in [5.41, 5.74) is 6.33. The molecule has 0 saturated carbocycles. The van der Waals surface area contributed by atoms with Crippen molar-refractivity contribution in [3.8, 4) is 12.3 Å². The van der Waals surface area contributed by atoms with Crippen molar-refractivity contribution < 1.29 is 8.42 Å². The van der Waals surface area contributed by atoms with Crippen molar-refractivity contribution in [2.45, 2.75) is 17.7 Å². The van der Waals surface area contributed by atoms with Crippen molar-refractivity contribution in [3.05, 3.63) is 24.3 Å². The molecule has 0 spiro atoms. The molecule has 0 fully saturated rings. The van der Waals surface area contributed by atoms with E-state index in [0.29, 0.717) is 30.8 Å². The third-order valence-electron chi connectivity index (χ3n) is 2.30. The molecule has 0 saturated heterocycles. The maximum atomic E-state index is 11.7. The van der Waals surface area contributed by atoms with Gasteiger partial charge in [0.15, 0.2) is 0 Å². The van der Waals surface area contributed by atoms with Crippen LogP contribution in [0.2, 0.25) is 0 Å². The van der Waals surface area contributed by atoms with Crippen molar-refractivity contribution in [2.24, 2.45) is 0 Å². The van der Waals surface area contributed by atoms with Gasteiger partial charge >= 0.3 is 0 Å². The largest absolute Gasteiger partial charge is 0.399 e. The molecule has 6 heteroatoms. The van der Waals surface area contributed by atoms with Gasteiger partial charge in [-0.2, -0.15) is 0 Å². The van der Waals surface area contributed by atoms with Crippen molar-refractivity contribution in [1.82, 2.24) is 4.72 Å². The fourth-order valence-electron chi connectivity index (χ4n) is 1.36. The molecule has 0 heterocycles. The van der Waals surface area contributed by atoms with E-state index >= 15 is 0 Å². The number of rotatable bonds is 8. The highest BCUT2D eigenvalue weighted by Gasteiger charge is 2.09.